The highest BCUT2D eigenvalue weighted by Gasteiger charge is 2.36. The van der Waals surface area contributed by atoms with Gasteiger partial charge in [-0.2, -0.15) is 0 Å². The lowest BCUT2D eigenvalue weighted by molar-refractivity contribution is -0.131. The van der Waals surface area contributed by atoms with E-state index in [0.29, 0.717) is 0 Å². The standard InChI is InChI=1S/C20H25F2N3O2/c1-23-9-8-17(20(23)26)24-10-5-14(6-11-24)27-18-4-2-3-16-15(18)7-12-25(16)13-19(21)22/h2-4,7,12,14,17,19H,5-6,8-11,13H2,1H3. The summed E-state index contributed by atoms with van der Waals surface area (Å²) in [6, 6.07) is 7.45. The number of piperidine rings is 1. The molecule has 2 fully saturated rings. The SMILES string of the molecule is CN1CCC(N2CCC(Oc3cccc4c3ccn4CC(F)F)CC2)C1=O. The van der Waals surface area contributed by atoms with Gasteiger partial charge in [-0.15, -0.1) is 0 Å². The molecule has 2 aliphatic rings. The Morgan fingerprint density at radius 3 is 2.59 bits per heavy atom. The highest BCUT2D eigenvalue weighted by Crippen LogP contribution is 2.30. The first-order valence-electron chi connectivity index (χ1n) is 9.54. The normalized spacial score (nSPS) is 22.3. The Labute approximate surface area is 157 Å². The van der Waals surface area contributed by atoms with Crippen molar-refractivity contribution in [2.75, 3.05) is 26.7 Å². The lowest BCUT2D eigenvalue weighted by Gasteiger charge is -2.35. The number of halogens is 2. The van der Waals surface area contributed by atoms with Crippen LogP contribution in [0.1, 0.15) is 19.3 Å². The van der Waals surface area contributed by atoms with E-state index in [4.69, 9.17) is 4.74 Å². The molecule has 0 radical (unpaired) electrons. The van der Waals surface area contributed by atoms with Crippen molar-refractivity contribution < 1.29 is 18.3 Å². The van der Waals surface area contributed by atoms with Gasteiger partial charge >= 0.3 is 0 Å². The predicted molar refractivity (Wildman–Crippen MR) is 99.2 cm³/mol. The molecule has 27 heavy (non-hydrogen) atoms. The maximum atomic E-state index is 12.7. The molecule has 0 bridgehead atoms. The van der Waals surface area contributed by atoms with E-state index in [2.05, 4.69) is 4.90 Å². The van der Waals surface area contributed by atoms with Crippen LogP contribution in [0, 0.1) is 0 Å². The molecule has 5 nitrogen and oxygen atoms in total. The van der Waals surface area contributed by atoms with Gasteiger partial charge in [-0.1, -0.05) is 6.07 Å². The van der Waals surface area contributed by atoms with Crippen LogP contribution in [0.5, 0.6) is 5.75 Å². The number of likely N-dealkylation sites (N-methyl/N-ethyl adjacent to an activating group) is 1. The third kappa shape index (κ3) is 3.65. The minimum Gasteiger partial charge on any atom is -0.490 e. The minimum absolute atomic E-state index is 0.0164. The second-order valence-electron chi connectivity index (χ2n) is 7.47. The molecular formula is C20H25F2N3O2. The summed E-state index contributed by atoms with van der Waals surface area (Å²) in [6.07, 6.45) is 2.02. The summed E-state index contributed by atoms with van der Waals surface area (Å²) in [5.41, 5.74) is 0.768. The van der Waals surface area contributed by atoms with E-state index in [1.54, 1.807) is 15.7 Å². The average Bonchev–Trinajstić information content (AvgIpc) is 3.20. The van der Waals surface area contributed by atoms with Crippen LogP contribution in [0.3, 0.4) is 0 Å². The summed E-state index contributed by atoms with van der Waals surface area (Å²) in [6.45, 7) is 2.21. The lowest BCUT2D eigenvalue weighted by atomic mass is 10.0. The van der Waals surface area contributed by atoms with Gasteiger partial charge in [-0.05, 0) is 37.5 Å². The number of alkyl halides is 2. The third-order valence-electron chi connectivity index (χ3n) is 5.72. The van der Waals surface area contributed by atoms with Crippen molar-refractivity contribution in [3.05, 3.63) is 30.5 Å². The van der Waals surface area contributed by atoms with Gasteiger partial charge in [0.1, 0.15) is 11.9 Å². The topological polar surface area (TPSA) is 37.7 Å². The summed E-state index contributed by atoms with van der Waals surface area (Å²) >= 11 is 0. The number of rotatable bonds is 5. The van der Waals surface area contributed by atoms with E-state index in [1.165, 1.54) is 0 Å². The number of fused-ring (bicyclic) bond motifs is 1. The molecular weight excluding hydrogens is 352 g/mol. The molecule has 1 aromatic carbocycles. The van der Waals surface area contributed by atoms with Crippen molar-refractivity contribution in [2.24, 2.45) is 0 Å². The molecule has 1 unspecified atom stereocenters. The summed E-state index contributed by atoms with van der Waals surface area (Å²) < 4.78 is 33.3. The molecule has 4 rings (SSSR count). The van der Waals surface area contributed by atoms with Crippen molar-refractivity contribution in [1.29, 1.82) is 0 Å². The number of benzene rings is 1. The monoisotopic (exact) mass is 377 g/mol. The van der Waals surface area contributed by atoms with E-state index in [1.807, 2.05) is 31.3 Å². The second kappa shape index (κ2) is 7.46. The van der Waals surface area contributed by atoms with E-state index >= 15 is 0 Å². The Hall–Kier alpha value is -2.15. The molecule has 0 N–H and O–H groups in total. The van der Waals surface area contributed by atoms with Gasteiger partial charge in [-0.25, -0.2) is 8.78 Å². The fraction of sp³-hybridized carbons (Fsp3) is 0.550. The van der Waals surface area contributed by atoms with Crippen molar-refractivity contribution in [3.63, 3.8) is 0 Å². The highest BCUT2D eigenvalue weighted by molar-refractivity contribution is 5.86. The molecule has 0 saturated carbocycles. The fourth-order valence-corrected chi connectivity index (χ4v) is 4.23. The minimum atomic E-state index is -2.38. The first-order valence-corrected chi connectivity index (χ1v) is 9.54. The Balaban J connectivity index is 1.41. The van der Waals surface area contributed by atoms with Gasteiger partial charge in [-0.3, -0.25) is 9.69 Å². The van der Waals surface area contributed by atoms with Gasteiger partial charge in [0, 0.05) is 38.3 Å². The number of hydrogen-bond acceptors (Lipinski definition) is 3. The summed E-state index contributed by atoms with van der Waals surface area (Å²) in [5, 5.41) is 0.869. The van der Waals surface area contributed by atoms with E-state index in [0.717, 1.165) is 55.5 Å². The number of carbonyl (C=O) groups excluding carboxylic acids is 1. The smallest absolute Gasteiger partial charge is 0.256 e. The number of amides is 1. The van der Waals surface area contributed by atoms with Crippen LogP contribution in [-0.4, -0.2) is 65.5 Å². The van der Waals surface area contributed by atoms with E-state index in [-0.39, 0.29) is 24.6 Å². The van der Waals surface area contributed by atoms with Crippen LogP contribution in [-0.2, 0) is 11.3 Å². The maximum absolute atomic E-state index is 12.7. The molecule has 1 atom stereocenters. The summed E-state index contributed by atoms with van der Waals surface area (Å²) in [5.74, 6) is 0.968. The largest absolute Gasteiger partial charge is 0.490 e. The second-order valence-corrected chi connectivity index (χ2v) is 7.47. The molecule has 3 heterocycles. The van der Waals surface area contributed by atoms with E-state index in [9.17, 15) is 13.6 Å². The number of nitrogens with zero attached hydrogens (tertiary/aromatic N) is 3. The molecule has 146 valence electrons. The number of hydrogen-bond donors (Lipinski definition) is 0. The van der Waals surface area contributed by atoms with Crippen molar-refractivity contribution in [2.45, 2.75) is 44.4 Å². The molecule has 0 aliphatic carbocycles. The summed E-state index contributed by atoms with van der Waals surface area (Å²) in [4.78, 5) is 16.3. The van der Waals surface area contributed by atoms with Crippen LogP contribution in [0.25, 0.3) is 10.9 Å². The van der Waals surface area contributed by atoms with Crippen LogP contribution in [0.4, 0.5) is 8.78 Å². The molecule has 2 saturated heterocycles. The fourth-order valence-electron chi connectivity index (χ4n) is 4.23. The Morgan fingerprint density at radius 1 is 1.15 bits per heavy atom. The summed E-state index contributed by atoms with van der Waals surface area (Å²) in [7, 11) is 1.86. The first kappa shape index (κ1) is 18.2. The Kier molecular flexibility index (Phi) is 5.04. The van der Waals surface area contributed by atoms with Gasteiger partial charge in [0.2, 0.25) is 5.91 Å². The molecule has 2 aliphatic heterocycles. The highest BCUT2D eigenvalue weighted by atomic mass is 19.3. The van der Waals surface area contributed by atoms with Gasteiger partial charge in [0.05, 0.1) is 18.1 Å². The molecule has 2 aromatic rings. The third-order valence-corrected chi connectivity index (χ3v) is 5.72. The average molecular weight is 377 g/mol. The lowest BCUT2D eigenvalue weighted by Crippen LogP contribution is -2.47. The van der Waals surface area contributed by atoms with Crippen LogP contribution < -0.4 is 4.74 Å². The number of likely N-dealkylation sites (tertiary alicyclic amines) is 2. The van der Waals surface area contributed by atoms with E-state index < -0.39 is 6.43 Å². The number of aromatic nitrogens is 1. The molecule has 1 aromatic heterocycles. The Morgan fingerprint density at radius 2 is 1.93 bits per heavy atom. The van der Waals surface area contributed by atoms with Gasteiger partial charge in [0.15, 0.2) is 0 Å². The zero-order chi connectivity index (χ0) is 19.0. The first-order chi connectivity index (χ1) is 13.0. The van der Waals surface area contributed by atoms with Crippen LogP contribution in [0.2, 0.25) is 0 Å². The number of ether oxygens (including phenoxy) is 1. The van der Waals surface area contributed by atoms with Crippen LogP contribution >= 0.6 is 0 Å². The van der Waals surface area contributed by atoms with Crippen molar-refractivity contribution >= 4 is 16.8 Å². The van der Waals surface area contributed by atoms with Crippen molar-refractivity contribution in [1.82, 2.24) is 14.4 Å². The molecule has 0 spiro atoms. The van der Waals surface area contributed by atoms with Gasteiger partial charge < -0.3 is 14.2 Å². The maximum Gasteiger partial charge on any atom is 0.256 e. The van der Waals surface area contributed by atoms with Crippen molar-refractivity contribution in [3.8, 4) is 5.75 Å². The quantitative estimate of drug-likeness (QED) is 0.804. The Bertz CT molecular complexity index is 815. The molecule has 1 amide bonds. The zero-order valence-corrected chi connectivity index (χ0v) is 15.5. The molecule has 7 heteroatoms. The number of carbonyl (C=O) groups is 1. The zero-order valence-electron chi connectivity index (χ0n) is 15.5. The predicted octanol–water partition coefficient (Wildman–Crippen LogP) is 2.98. The van der Waals surface area contributed by atoms with Gasteiger partial charge in [0.25, 0.3) is 6.43 Å². The van der Waals surface area contributed by atoms with Crippen LogP contribution in [0.15, 0.2) is 30.5 Å².